The van der Waals surface area contributed by atoms with E-state index in [0.717, 1.165) is 11.1 Å². The van der Waals surface area contributed by atoms with Crippen LogP contribution < -0.4 is 5.06 Å². The highest BCUT2D eigenvalue weighted by Crippen LogP contribution is 2.21. The number of esters is 1. The molecule has 0 saturated heterocycles. The molecule has 0 heterocycles. The average Bonchev–Trinajstić information content (AvgIpc) is 2.40. The number of rotatable bonds is 6. The van der Waals surface area contributed by atoms with Crippen molar-refractivity contribution in [2.45, 2.75) is 13.8 Å². The number of carbonyl (C=O) groups excluding carboxylic acids is 2. The Morgan fingerprint density at radius 2 is 2.10 bits per heavy atom. The zero-order chi connectivity index (χ0) is 15.1. The molecule has 0 radical (unpaired) electrons. The van der Waals surface area contributed by atoms with E-state index in [9.17, 15) is 14.0 Å². The van der Waals surface area contributed by atoms with Gasteiger partial charge in [0.25, 0.3) is 0 Å². The molecule has 1 aromatic carbocycles. The molecule has 0 N–H and O–H groups in total. The lowest BCUT2D eigenvalue weighted by Gasteiger charge is -2.20. The van der Waals surface area contributed by atoms with Crippen molar-refractivity contribution in [3.05, 3.63) is 29.6 Å². The van der Waals surface area contributed by atoms with Crippen LogP contribution >= 0.6 is 11.6 Å². The zero-order valence-electron chi connectivity index (χ0n) is 11.2. The summed E-state index contributed by atoms with van der Waals surface area (Å²) in [5.74, 6) is -1.74. The van der Waals surface area contributed by atoms with Gasteiger partial charge in [-0.15, -0.1) is 11.6 Å². The molecule has 0 aliphatic carbocycles. The summed E-state index contributed by atoms with van der Waals surface area (Å²) >= 11 is 5.46. The minimum absolute atomic E-state index is 0.0558. The van der Waals surface area contributed by atoms with E-state index < -0.39 is 17.7 Å². The highest BCUT2D eigenvalue weighted by molar-refractivity contribution is 6.18. The predicted molar refractivity (Wildman–Crippen MR) is 72.2 cm³/mol. The Labute approximate surface area is 121 Å². The lowest BCUT2D eigenvalue weighted by atomic mass is 10.2. The molecule has 0 bridgehead atoms. The van der Waals surface area contributed by atoms with E-state index in [-0.39, 0.29) is 30.3 Å². The number of alkyl halides is 1. The predicted octanol–water partition coefficient (Wildman–Crippen LogP) is 2.53. The Bertz CT molecular complexity index is 495. The fourth-order valence-electron chi connectivity index (χ4n) is 1.47. The minimum atomic E-state index is -0.764. The molecule has 0 fully saturated rings. The molecule has 1 aromatic rings. The van der Waals surface area contributed by atoms with E-state index in [4.69, 9.17) is 21.2 Å². The number of halogens is 2. The van der Waals surface area contributed by atoms with E-state index in [0.29, 0.717) is 0 Å². The van der Waals surface area contributed by atoms with E-state index in [1.165, 1.54) is 19.1 Å². The van der Waals surface area contributed by atoms with Crippen LogP contribution in [0.25, 0.3) is 0 Å². The third-order valence-corrected chi connectivity index (χ3v) is 2.42. The van der Waals surface area contributed by atoms with E-state index in [2.05, 4.69) is 0 Å². The Balaban J connectivity index is 3.00. The molecule has 110 valence electrons. The molecule has 0 aliphatic heterocycles. The molecular formula is C13H15ClFNO4. The smallest absolute Gasteiger partial charge is 0.338 e. The summed E-state index contributed by atoms with van der Waals surface area (Å²) in [5.41, 5.74) is -0.0235. The van der Waals surface area contributed by atoms with Gasteiger partial charge >= 0.3 is 5.97 Å². The van der Waals surface area contributed by atoms with Crippen molar-refractivity contribution in [3.63, 3.8) is 0 Å². The van der Waals surface area contributed by atoms with Gasteiger partial charge < -0.3 is 4.74 Å². The summed E-state index contributed by atoms with van der Waals surface area (Å²) in [6.07, 6.45) is 0. The molecule has 1 amide bonds. The molecule has 7 heteroatoms. The lowest BCUT2D eigenvalue weighted by molar-refractivity contribution is -0.123. The van der Waals surface area contributed by atoms with Gasteiger partial charge in [0.05, 0.1) is 18.8 Å². The van der Waals surface area contributed by atoms with Gasteiger partial charge in [0.2, 0.25) is 5.91 Å². The van der Waals surface area contributed by atoms with Crippen LogP contribution in [0.5, 0.6) is 0 Å². The fourth-order valence-corrected chi connectivity index (χ4v) is 1.54. The second-order valence-corrected chi connectivity index (χ2v) is 4.10. The SMILES string of the molecule is CCOC(=O)c1ccc(N(OCCCl)C(C)=O)c(F)c1. The van der Waals surface area contributed by atoms with Crippen LogP contribution in [0.4, 0.5) is 10.1 Å². The summed E-state index contributed by atoms with van der Waals surface area (Å²) in [4.78, 5) is 28.0. The number of anilines is 1. The quantitative estimate of drug-likeness (QED) is 0.460. The molecule has 0 saturated carbocycles. The molecule has 1 rings (SSSR count). The molecular weight excluding hydrogens is 289 g/mol. The van der Waals surface area contributed by atoms with Crippen molar-refractivity contribution in [2.75, 3.05) is 24.2 Å². The maximum Gasteiger partial charge on any atom is 0.338 e. The summed E-state index contributed by atoms with van der Waals surface area (Å²) < 4.78 is 18.7. The number of benzene rings is 1. The van der Waals surface area contributed by atoms with Gasteiger partial charge in [-0.3, -0.25) is 9.63 Å². The number of ether oxygens (including phenoxy) is 1. The lowest BCUT2D eigenvalue weighted by Crippen LogP contribution is -2.30. The maximum atomic E-state index is 14.0. The van der Waals surface area contributed by atoms with E-state index >= 15 is 0 Å². The van der Waals surface area contributed by atoms with Gasteiger partial charge in [-0.2, -0.15) is 5.06 Å². The van der Waals surface area contributed by atoms with Gasteiger partial charge in [-0.05, 0) is 25.1 Å². The zero-order valence-corrected chi connectivity index (χ0v) is 11.9. The van der Waals surface area contributed by atoms with Crippen molar-refractivity contribution in [1.82, 2.24) is 0 Å². The van der Waals surface area contributed by atoms with Crippen LogP contribution in [-0.2, 0) is 14.4 Å². The number of hydroxylamine groups is 1. The van der Waals surface area contributed by atoms with Gasteiger partial charge in [-0.1, -0.05) is 0 Å². The Morgan fingerprint density at radius 3 is 2.60 bits per heavy atom. The molecule has 0 aliphatic rings. The normalized spacial score (nSPS) is 10.2. The van der Waals surface area contributed by atoms with Crippen LogP contribution in [0.2, 0.25) is 0 Å². The van der Waals surface area contributed by atoms with Crippen molar-refractivity contribution < 1.29 is 23.6 Å². The number of nitrogens with zero attached hydrogens (tertiary/aromatic N) is 1. The Morgan fingerprint density at radius 1 is 1.40 bits per heavy atom. The molecule has 0 unspecified atom stereocenters. The molecule has 0 aromatic heterocycles. The Kier molecular flexibility index (Phi) is 6.41. The van der Waals surface area contributed by atoms with Gasteiger partial charge in [0.15, 0.2) is 0 Å². The maximum absolute atomic E-state index is 14.0. The first kappa shape index (κ1) is 16.4. The van der Waals surface area contributed by atoms with Crippen molar-refractivity contribution in [2.24, 2.45) is 0 Å². The summed E-state index contributed by atoms with van der Waals surface area (Å²) in [6, 6.07) is 3.63. The summed E-state index contributed by atoms with van der Waals surface area (Å²) in [5, 5.41) is 0.798. The highest BCUT2D eigenvalue weighted by atomic mass is 35.5. The average molecular weight is 304 g/mol. The van der Waals surface area contributed by atoms with Crippen molar-refractivity contribution in [1.29, 1.82) is 0 Å². The Hall–Kier alpha value is -1.66. The molecule has 0 spiro atoms. The minimum Gasteiger partial charge on any atom is -0.462 e. The van der Waals surface area contributed by atoms with Crippen molar-refractivity contribution in [3.8, 4) is 0 Å². The first-order chi connectivity index (χ1) is 9.51. The molecule has 20 heavy (non-hydrogen) atoms. The largest absolute Gasteiger partial charge is 0.462 e. The van der Waals surface area contributed by atoms with E-state index in [1.807, 2.05) is 0 Å². The third kappa shape index (κ3) is 4.18. The van der Waals surface area contributed by atoms with Crippen LogP contribution in [0.3, 0.4) is 0 Å². The molecule has 0 atom stereocenters. The van der Waals surface area contributed by atoms with E-state index in [1.54, 1.807) is 6.92 Å². The van der Waals surface area contributed by atoms with Crippen molar-refractivity contribution >= 4 is 29.2 Å². The van der Waals surface area contributed by atoms with Gasteiger partial charge in [-0.25, -0.2) is 9.18 Å². The topological polar surface area (TPSA) is 55.8 Å². The van der Waals surface area contributed by atoms with Crippen LogP contribution in [-0.4, -0.2) is 31.0 Å². The van der Waals surface area contributed by atoms with Gasteiger partial charge in [0.1, 0.15) is 11.5 Å². The number of carbonyl (C=O) groups is 2. The first-order valence-corrected chi connectivity index (χ1v) is 6.51. The first-order valence-electron chi connectivity index (χ1n) is 5.97. The van der Waals surface area contributed by atoms with Crippen LogP contribution in [0.15, 0.2) is 18.2 Å². The standard InChI is InChI=1S/C13H15ClFNO4/c1-3-19-13(18)10-4-5-12(11(15)8-10)16(9(2)17)20-7-6-14/h4-5,8H,3,6-7H2,1-2H3. The van der Waals surface area contributed by atoms with Crippen LogP contribution in [0.1, 0.15) is 24.2 Å². The number of hydrogen-bond donors (Lipinski definition) is 0. The number of amides is 1. The highest BCUT2D eigenvalue weighted by Gasteiger charge is 2.19. The monoisotopic (exact) mass is 303 g/mol. The van der Waals surface area contributed by atoms with Gasteiger partial charge in [0, 0.05) is 12.8 Å². The number of hydrogen-bond acceptors (Lipinski definition) is 4. The fraction of sp³-hybridized carbons (Fsp3) is 0.385. The summed E-state index contributed by atoms with van der Waals surface area (Å²) in [7, 11) is 0. The second kappa shape index (κ2) is 7.81. The molecule has 5 nitrogen and oxygen atoms in total. The third-order valence-electron chi connectivity index (χ3n) is 2.26. The van der Waals surface area contributed by atoms with Crippen LogP contribution in [0, 0.1) is 5.82 Å². The second-order valence-electron chi connectivity index (χ2n) is 3.72. The summed E-state index contributed by atoms with van der Waals surface area (Å²) in [6.45, 7) is 3.13.